The Morgan fingerprint density at radius 2 is 0.500 bits per heavy atom. The normalized spacial score (nSPS) is 11.0. The molecule has 6 heterocycles. The van der Waals surface area contributed by atoms with Crippen molar-refractivity contribution in [3.8, 4) is 90.1 Å². The molecular weight excluding hydrogens is 661 g/mol. The van der Waals surface area contributed by atoms with E-state index in [0.29, 0.717) is 0 Å². The topological polar surface area (TPSA) is 77.3 Å². The summed E-state index contributed by atoms with van der Waals surface area (Å²) in [5, 5.41) is 0. The Balaban J connectivity index is 1.04. The van der Waals surface area contributed by atoms with Gasteiger partial charge in [-0.2, -0.15) is 0 Å². The van der Waals surface area contributed by atoms with Gasteiger partial charge in [-0.25, -0.2) is 9.97 Å². The summed E-state index contributed by atoms with van der Waals surface area (Å²) < 4.78 is 0. The predicted molar refractivity (Wildman–Crippen MR) is 217 cm³/mol. The third kappa shape index (κ3) is 6.92. The Labute approximate surface area is 313 Å². The van der Waals surface area contributed by atoms with Crippen LogP contribution >= 0.6 is 0 Å². The van der Waals surface area contributed by atoms with E-state index in [9.17, 15) is 0 Å². The quantitative estimate of drug-likeness (QED) is 0.158. The van der Waals surface area contributed by atoms with Crippen LogP contribution in [0.2, 0.25) is 0 Å². The lowest BCUT2D eigenvalue weighted by Crippen LogP contribution is -1.94. The predicted octanol–water partition coefficient (Wildman–Crippen LogP) is 11.4. The average Bonchev–Trinajstić information content (AvgIpc) is 3.27. The maximum absolute atomic E-state index is 4.95. The molecule has 0 radical (unpaired) electrons. The van der Waals surface area contributed by atoms with Crippen LogP contribution in [0.15, 0.2) is 195 Å². The lowest BCUT2D eigenvalue weighted by molar-refractivity contribution is 1.22. The zero-order valence-electron chi connectivity index (χ0n) is 29.2. The molecule has 6 aromatic heterocycles. The molecule has 0 bridgehead atoms. The van der Waals surface area contributed by atoms with Gasteiger partial charge in [0, 0.05) is 24.8 Å². The molecule has 6 nitrogen and oxygen atoms in total. The molecule has 9 aromatic rings. The van der Waals surface area contributed by atoms with E-state index in [-0.39, 0.29) is 0 Å². The minimum Gasteiger partial charge on any atom is -0.255 e. The van der Waals surface area contributed by atoms with Gasteiger partial charge < -0.3 is 0 Å². The van der Waals surface area contributed by atoms with Crippen LogP contribution in [0.25, 0.3) is 90.1 Å². The number of nitrogens with zero attached hydrogens (tertiary/aromatic N) is 6. The summed E-state index contributed by atoms with van der Waals surface area (Å²) in [4.78, 5) is 28.2. The first-order valence-corrected chi connectivity index (χ1v) is 17.7. The third-order valence-corrected chi connectivity index (χ3v) is 9.30. The largest absolute Gasteiger partial charge is 0.255 e. The van der Waals surface area contributed by atoms with E-state index < -0.39 is 0 Å². The first-order valence-electron chi connectivity index (χ1n) is 17.7. The zero-order valence-corrected chi connectivity index (χ0v) is 29.2. The summed E-state index contributed by atoms with van der Waals surface area (Å²) in [6.07, 6.45) is 7.18. The van der Waals surface area contributed by atoms with Crippen molar-refractivity contribution in [1.29, 1.82) is 0 Å². The van der Waals surface area contributed by atoms with Gasteiger partial charge in [0.1, 0.15) is 0 Å². The van der Waals surface area contributed by atoms with Gasteiger partial charge in [-0.05, 0) is 129 Å². The highest BCUT2D eigenvalue weighted by atomic mass is 14.8. The fourth-order valence-corrected chi connectivity index (χ4v) is 6.59. The van der Waals surface area contributed by atoms with Crippen LogP contribution < -0.4 is 0 Å². The molecule has 0 unspecified atom stereocenters. The van der Waals surface area contributed by atoms with E-state index in [1.807, 2.05) is 72.8 Å². The molecule has 6 heteroatoms. The van der Waals surface area contributed by atoms with Crippen molar-refractivity contribution in [3.63, 3.8) is 0 Å². The Morgan fingerprint density at radius 1 is 0.204 bits per heavy atom. The maximum Gasteiger partial charge on any atom is 0.0900 e. The molecule has 0 N–H and O–H groups in total. The van der Waals surface area contributed by atoms with Crippen molar-refractivity contribution in [3.05, 3.63) is 195 Å². The van der Waals surface area contributed by atoms with E-state index in [4.69, 9.17) is 9.97 Å². The smallest absolute Gasteiger partial charge is 0.0900 e. The summed E-state index contributed by atoms with van der Waals surface area (Å²) in [6.45, 7) is 0. The van der Waals surface area contributed by atoms with Crippen LogP contribution in [0.4, 0.5) is 0 Å². The Morgan fingerprint density at radius 3 is 0.778 bits per heavy atom. The second-order valence-corrected chi connectivity index (χ2v) is 12.9. The van der Waals surface area contributed by atoms with Gasteiger partial charge >= 0.3 is 0 Å². The van der Waals surface area contributed by atoms with Crippen molar-refractivity contribution < 1.29 is 0 Å². The Bertz CT molecular complexity index is 2380. The van der Waals surface area contributed by atoms with Crippen LogP contribution in [-0.4, -0.2) is 29.9 Å². The number of hydrogen-bond acceptors (Lipinski definition) is 6. The number of aromatic nitrogens is 6. The average molecular weight is 693 g/mol. The standard InChI is InChI=1S/C48H32N6/c1-5-23-49-41(15-1)45-29-39(30-46(53-45)42-16-2-6-24-50-42)37-13-9-11-35(27-37)33-19-21-34(22-20-33)36-12-10-14-38(28-36)40-31-47(43-17-3-7-25-51-43)54-48(32-40)44-18-4-8-26-52-44/h1-32H. The molecule has 0 spiro atoms. The summed E-state index contributed by atoms with van der Waals surface area (Å²) in [5.41, 5.74) is 15.3. The number of benzene rings is 3. The monoisotopic (exact) mass is 692 g/mol. The van der Waals surface area contributed by atoms with Gasteiger partial charge in [-0.15, -0.1) is 0 Å². The van der Waals surface area contributed by atoms with Crippen LogP contribution in [0.5, 0.6) is 0 Å². The molecular formula is C48H32N6. The highest BCUT2D eigenvalue weighted by Gasteiger charge is 2.13. The highest BCUT2D eigenvalue weighted by molar-refractivity contribution is 5.81. The number of pyridine rings is 6. The Hall–Kier alpha value is -7.44. The van der Waals surface area contributed by atoms with E-state index in [1.165, 1.54) is 0 Å². The zero-order chi connectivity index (χ0) is 36.1. The molecule has 0 aliphatic carbocycles. The van der Waals surface area contributed by atoms with E-state index >= 15 is 0 Å². The third-order valence-electron chi connectivity index (χ3n) is 9.30. The first-order chi connectivity index (χ1) is 26.7. The van der Waals surface area contributed by atoms with Gasteiger partial charge in [0.15, 0.2) is 0 Å². The lowest BCUT2D eigenvalue weighted by atomic mass is 9.95. The highest BCUT2D eigenvalue weighted by Crippen LogP contribution is 2.34. The molecule has 0 atom stereocenters. The minimum absolute atomic E-state index is 0.804. The van der Waals surface area contributed by atoms with Crippen LogP contribution in [0, 0.1) is 0 Å². The molecule has 0 fully saturated rings. The molecule has 0 saturated heterocycles. The summed E-state index contributed by atoms with van der Waals surface area (Å²) in [5.74, 6) is 0. The Kier molecular flexibility index (Phi) is 8.81. The van der Waals surface area contributed by atoms with Crippen LogP contribution in [0.3, 0.4) is 0 Å². The summed E-state index contributed by atoms with van der Waals surface area (Å²) in [7, 11) is 0. The molecule has 0 aliphatic rings. The first kappa shape index (κ1) is 32.5. The van der Waals surface area contributed by atoms with Crippen molar-refractivity contribution in [1.82, 2.24) is 29.9 Å². The second kappa shape index (κ2) is 14.7. The molecule has 0 saturated carbocycles. The molecule has 9 rings (SSSR count). The van der Waals surface area contributed by atoms with Crippen molar-refractivity contribution in [2.45, 2.75) is 0 Å². The second-order valence-electron chi connectivity index (χ2n) is 12.9. The maximum atomic E-state index is 4.95. The molecule has 3 aromatic carbocycles. The molecule has 0 amide bonds. The van der Waals surface area contributed by atoms with Gasteiger partial charge in [0.2, 0.25) is 0 Å². The van der Waals surface area contributed by atoms with Crippen molar-refractivity contribution in [2.24, 2.45) is 0 Å². The van der Waals surface area contributed by atoms with E-state index in [0.717, 1.165) is 90.1 Å². The SMILES string of the molecule is c1ccc(-c2cc(-c3cccc(-c4ccc(-c5cccc(-c6cc(-c7ccccn7)nc(-c7ccccn7)c6)c5)cc4)c3)cc(-c3ccccn3)n2)nc1. The van der Waals surface area contributed by atoms with E-state index in [1.54, 1.807) is 24.8 Å². The van der Waals surface area contributed by atoms with Crippen molar-refractivity contribution in [2.75, 3.05) is 0 Å². The van der Waals surface area contributed by atoms with Crippen LogP contribution in [-0.2, 0) is 0 Å². The number of hydrogen-bond donors (Lipinski definition) is 0. The van der Waals surface area contributed by atoms with Gasteiger partial charge in [-0.1, -0.05) is 84.9 Å². The van der Waals surface area contributed by atoms with Crippen LogP contribution in [0.1, 0.15) is 0 Å². The fourth-order valence-electron chi connectivity index (χ4n) is 6.59. The summed E-state index contributed by atoms with van der Waals surface area (Å²) in [6, 6.07) is 58.0. The number of rotatable bonds is 8. The molecule has 0 aliphatic heterocycles. The summed E-state index contributed by atoms with van der Waals surface area (Å²) >= 11 is 0. The molecule has 254 valence electrons. The van der Waals surface area contributed by atoms with Gasteiger partial charge in [0.05, 0.1) is 45.6 Å². The van der Waals surface area contributed by atoms with Crippen molar-refractivity contribution >= 4 is 0 Å². The molecule has 54 heavy (non-hydrogen) atoms. The fraction of sp³-hybridized carbons (Fsp3) is 0. The minimum atomic E-state index is 0.804. The van der Waals surface area contributed by atoms with Gasteiger partial charge in [0.25, 0.3) is 0 Å². The van der Waals surface area contributed by atoms with Gasteiger partial charge in [-0.3, -0.25) is 19.9 Å². The lowest BCUT2D eigenvalue weighted by Gasteiger charge is -2.12. The van der Waals surface area contributed by atoms with E-state index in [2.05, 4.69) is 117 Å².